The molecule has 1 aromatic heterocycles. The lowest BCUT2D eigenvalue weighted by molar-refractivity contribution is 1.07. The van der Waals surface area contributed by atoms with Crippen LogP contribution in [0.2, 0.25) is 0 Å². The van der Waals surface area contributed by atoms with Gasteiger partial charge in [-0.15, -0.1) is 0 Å². The highest BCUT2D eigenvalue weighted by Gasteiger charge is 2.06. The van der Waals surface area contributed by atoms with E-state index in [0.717, 1.165) is 11.0 Å². The van der Waals surface area contributed by atoms with Crippen molar-refractivity contribution in [3.63, 3.8) is 0 Å². The second-order valence-electron chi connectivity index (χ2n) is 4.34. The molecule has 0 spiro atoms. The van der Waals surface area contributed by atoms with Crippen LogP contribution in [0.3, 0.4) is 0 Å². The minimum atomic E-state index is 1.05. The maximum absolute atomic E-state index is 4.24. The minimum Gasteiger partial charge on any atom is -0.310 e. The van der Waals surface area contributed by atoms with Crippen LogP contribution >= 0.6 is 0 Å². The van der Waals surface area contributed by atoms with Gasteiger partial charge < -0.3 is 4.57 Å². The standard InChI is InChI=1S/C17H15N/c1-3-15-13(2)18(14-9-5-4-6-10-14)17-12-8-7-11-16(15)17/h3-12H,2H2,1H3/b15-3+. The largest absolute Gasteiger partial charge is 0.310 e. The smallest absolute Gasteiger partial charge is 0.0540 e. The molecular formula is C17H15N. The Morgan fingerprint density at radius 1 is 0.944 bits per heavy atom. The van der Waals surface area contributed by atoms with Crippen molar-refractivity contribution in [1.82, 2.24) is 4.57 Å². The number of nitrogens with zero attached hydrogens (tertiary/aromatic N) is 1. The Balaban J connectivity index is 2.52. The third-order valence-electron chi connectivity index (χ3n) is 3.32. The molecule has 18 heavy (non-hydrogen) atoms. The average Bonchev–Trinajstić information content (AvgIpc) is 2.71. The van der Waals surface area contributed by atoms with Crippen LogP contribution in [0.1, 0.15) is 6.92 Å². The van der Waals surface area contributed by atoms with Gasteiger partial charge in [-0.1, -0.05) is 49.1 Å². The van der Waals surface area contributed by atoms with Crippen molar-refractivity contribution in [2.45, 2.75) is 6.92 Å². The summed E-state index contributed by atoms with van der Waals surface area (Å²) in [7, 11) is 0. The predicted molar refractivity (Wildman–Crippen MR) is 78.2 cm³/mol. The van der Waals surface area contributed by atoms with Gasteiger partial charge in [-0.3, -0.25) is 0 Å². The topological polar surface area (TPSA) is 4.93 Å². The maximum Gasteiger partial charge on any atom is 0.0540 e. The van der Waals surface area contributed by atoms with Gasteiger partial charge in [0.25, 0.3) is 0 Å². The second-order valence-corrected chi connectivity index (χ2v) is 4.34. The molecule has 0 unspecified atom stereocenters. The van der Waals surface area contributed by atoms with Crippen molar-refractivity contribution < 1.29 is 0 Å². The Hall–Kier alpha value is -2.28. The van der Waals surface area contributed by atoms with E-state index in [1.165, 1.54) is 16.1 Å². The minimum absolute atomic E-state index is 1.05. The van der Waals surface area contributed by atoms with E-state index in [1.807, 2.05) is 6.07 Å². The highest BCUT2D eigenvalue weighted by Crippen LogP contribution is 2.13. The lowest BCUT2D eigenvalue weighted by Crippen LogP contribution is -2.26. The molecule has 0 amide bonds. The fourth-order valence-corrected chi connectivity index (χ4v) is 2.51. The SMILES string of the molecule is C=c1/c(=C\C)c2ccccc2n1-c1ccccc1. The molecule has 3 aromatic rings. The fraction of sp³-hybridized carbons (Fsp3) is 0.0588. The van der Waals surface area contributed by atoms with Crippen LogP contribution in [-0.2, 0) is 0 Å². The molecule has 88 valence electrons. The Morgan fingerprint density at radius 3 is 2.33 bits per heavy atom. The van der Waals surface area contributed by atoms with Crippen LogP contribution in [-0.4, -0.2) is 4.57 Å². The quantitative estimate of drug-likeness (QED) is 0.609. The average molecular weight is 233 g/mol. The van der Waals surface area contributed by atoms with Gasteiger partial charge in [0.2, 0.25) is 0 Å². The van der Waals surface area contributed by atoms with Crippen molar-refractivity contribution in [3.8, 4) is 5.69 Å². The summed E-state index contributed by atoms with van der Waals surface area (Å²) in [5.41, 5.74) is 2.37. The van der Waals surface area contributed by atoms with Gasteiger partial charge in [0.15, 0.2) is 0 Å². The first kappa shape index (κ1) is 10.8. The molecule has 0 N–H and O–H groups in total. The van der Waals surface area contributed by atoms with Crippen molar-refractivity contribution in [2.24, 2.45) is 0 Å². The first-order valence-corrected chi connectivity index (χ1v) is 6.13. The summed E-state index contributed by atoms with van der Waals surface area (Å²) in [6, 6.07) is 18.8. The fourth-order valence-electron chi connectivity index (χ4n) is 2.51. The van der Waals surface area contributed by atoms with Gasteiger partial charge in [0.05, 0.1) is 5.52 Å². The van der Waals surface area contributed by atoms with Crippen molar-refractivity contribution >= 4 is 23.6 Å². The van der Waals surface area contributed by atoms with E-state index in [1.54, 1.807) is 0 Å². The Bertz CT molecular complexity index is 795. The first-order chi connectivity index (χ1) is 8.83. The van der Waals surface area contributed by atoms with E-state index in [4.69, 9.17) is 0 Å². The van der Waals surface area contributed by atoms with E-state index in [2.05, 4.69) is 72.7 Å². The van der Waals surface area contributed by atoms with Crippen LogP contribution in [0.4, 0.5) is 0 Å². The summed E-state index contributed by atoms with van der Waals surface area (Å²) in [5.74, 6) is 0. The number of para-hydroxylation sites is 2. The maximum atomic E-state index is 4.24. The van der Waals surface area contributed by atoms with E-state index >= 15 is 0 Å². The molecule has 1 nitrogen and oxygen atoms in total. The normalized spacial score (nSPS) is 12.2. The highest BCUT2D eigenvalue weighted by atomic mass is 15.0. The molecule has 0 aliphatic heterocycles. The third-order valence-corrected chi connectivity index (χ3v) is 3.32. The lowest BCUT2D eigenvalue weighted by atomic mass is 10.2. The zero-order valence-corrected chi connectivity index (χ0v) is 10.4. The molecule has 1 heteroatoms. The number of hydrogen-bond donors (Lipinski definition) is 0. The zero-order chi connectivity index (χ0) is 12.5. The zero-order valence-electron chi connectivity index (χ0n) is 10.4. The van der Waals surface area contributed by atoms with Gasteiger partial charge in [-0.25, -0.2) is 0 Å². The van der Waals surface area contributed by atoms with Gasteiger partial charge >= 0.3 is 0 Å². The molecule has 2 aromatic carbocycles. The number of rotatable bonds is 1. The molecule has 0 saturated heterocycles. The Morgan fingerprint density at radius 2 is 1.61 bits per heavy atom. The monoisotopic (exact) mass is 233 g/mol. The number of aromatic nitrogens is 1. The molecule has 0 saturated carbocycles. The van der Waals surface area contributed by atoms with Crippen LogP contribution in [0.15, 0.2) is 54.6 Å². The summed E-state index contributed by atoms with van der Waals surface area (Å²) >= 11 is 0. The molecule has 0 aliphatic rings. The molecule has 0 bridgehead atoms. The van der Waals surface area contributed by atoms with E-state index in [9.17, 15) is 0 Å². The summed E-state index contributed by atoms with van der Waals surface area (Å²) in [5, 5.41) is 3.52. The number of hydrogen-bond acceptors (Lipinski definition) is 0. The molecule has 3 rings (SSSR count). The predicted octanol–water partition coefficient (Wildman–Crippen LogP) is 2.84. The first-order valence-electron chi connectivity index (χ1n) is 6.13. The summed E-state index contributed by atoms with van der Waals surface area (Å²) < 4.78 is 2.21. The number of benzene rings is 2. The van der Waals surface area contributed by atoms with Crippen molar-refractivity contribution in [1.29, 1.82) is 0 Å². The molecule has 0 aliphatic carbocycles. The second kappa shape index (κ2) is 4.19. The van der Waals surface area contributed by atoms with Crippen LogP contribution in [0.5, 0.6) is 0 Å². The van der Waals surface area contributed by atoms with Crippen LogP contribution in [0, 0.1) is 0 Å². The summed E-state index contributed by atoms with van der Waals surface area (Å²) in [6.45, 7) is 6.30. The van der Waals surface area contributed by atoms with E-state index in [0.29, 0.717) is 0 Å². The highest BCUT2D eigenvalue weighted by molar-refractivity contribution is 5.83. The van der Waals surface area contributed by atoms with Crippen LogP contribution < -0.4 is 10.6 Å². The van der Waals surface area contributed by atoms with Gasteiger partial charge in [0.1, 0.15) is 0 Å². The van der Waals surface area contributed by atoms with Gasteiger partial charge in [0, 0.05) is 21.6 Å². The Kier molecular flexibility index (Phi) is 2.52. The van der Waals surface area contributed by atoms with E-state index < -0.39 is 0 Å². The summed E-state index contributed by atoms with van der Waals surface area (Å²) in [6.07, 6.45) is 2.13. The number of fused-ring (bicyclic) bond motifs is 1. The Labute approximate surface area is 106 Å². The van der Waals surface area contributed by atoms with Crippen molar-refractivity contribution in [3.05, 3.63) is 65.2 Å². The molecule has 0 radical (unpaired) electrons. The molecule has 0 fully saturated rings. The molecular weight excluding hydrogens is 218 g/mol. The van der Waals surface area contributed by atoms with Crippen molar-refractivity contribution in [2.75, 3.05) is 0 Å². The lowest BCUT2D eigenvalue weighted by Gasteiger charge is -2.05. The van der Waals surface area contributed by atoms with Gasteiger partial charge in [-0.05, 0) is 25.1 Å². The third kappa shape index (κ3) is 1.48. The van der Waals surface area contributed by atoms with Gasteiger partial charge in [-0.2, -0.15) is 0 Å². The summed E-state index contributed by atoms with van der Waals surface area (Å²) in [4.78, 5) is 0. The van der Waals surface area contributed by atoms with Crippen LogP contribution in [0.25, 0.3) is 29.2 Å². The molecule has 1 heterocycles. The molecule has 0 atom stereocenters. The van der Waals surface area contributed by atoms with E-state index in [-0.39, 0.29) is 0 Å².